The van der Waals surface area contributed by atoms with Crippen LogP contribution in [-0.4, -0.2) is 21.3 Å². The van der Waals surface area contributed by atoms with E-state index in [2.05, 4.69) is 74.1 Å². The predicted octanol–water partition coefficient (Wildman–Crippen LogP) is 6.20. The fraction of sp³-hybridized carbons (Fsp3) is 0.619. The number of rotatable bonds is 8. The van der Waals surface area contributed by atoms with Gasteiger partial charge in [0, 0.05) is 0 Å². The van der Waals surface area contributed by atoms with Gasteiger partial charge in [-0.05, 0) is 0 Å². The molecule has 0 saturated carbocycles. The van der Waals surface area contributed by atoms with Crippen molar-refractivity contribution in [3.63, 3.8) is 0 Å². The van der Waals surface area contributed by atoms with Gasteiger partial charge < -0.3 is 0 Å². The van der Waals surface area contributed by atoms with Crippen LogP contribution in [0.2, 0.25) is 30.7 Å². The van der Waals surface area contributed by atoms with Crippen LogP contribution >= 0.6 is 22.7 Å². The third kappa shape index (κ3) is 3.90. The van der Waals surface area contributed by atoms with Gasteiger partial charge in [-0.25, -0.2) is 0 Å². The number of fused-ring (bicyclic) bond motifs is 3. The third-order valence-electron chi connectivity index (χ3n) is 5.75. The van der Waals surface area contributed by atoms with Crippen LogP contribution in [-0.2, 0) is 0 Å². The van der Waals surface area contributed by atoms with Crippen LogP contribution in [0.15, 0.2) is 12.1 Å². The second-order valence-electron chi connectivity index (χ2n) is 9.05. The van der Waals surface area contributed by atoms with E-state index in [1.165, 1.54) is 48.7 Å². The van der Waals surface area contributed by atoms with Crippen molar-refractivity contribution < 1.29 is 0 Å². The Morgan fingerprint density at radius 2 is 1.48 bits per heavy atom. The number of unbranched alkanes of at least 4 members (excludes halogenated alkanes) is 5. The Labute approximate surface area is 166 Å². The molecule has 1 atom stereocenters. The maximum atomic E-state index is 2.71. The first kappa shape index (κ1) is 19.9. The van der Waals surface area contributed by atoms with Crippen molar-refractivity contribution >= 4 is 57.3 Å². The van der Waals surface area contributed by atoms with Crippen LogP contribution in [0.5, 0.6) is 0 Å². The summed E-state index contributed by atoms with van der Waals surface area (Å²) in [4.78, 5) is 4.90. The van der Waals surface area contributed by atoms with E-state index in [1.54, 1.807) is 14.3 Å². The van der Waals surface area contributed by atoms with Crippen LogP contribution in [0.1, 0.15) is 50.3 Å². The molecule has 0 bridgehead atoms. The quantitative estimate of drug-likeness (QED) is 0.331. The molecule has 25 heavy (non-hydrogen) atoms. The summed E-state index contributed by atoms with van der Waals surface area (Å²) in [5, 5.41) is 1.50. The summed E-state index contributed by atoms with van der Waals surface area (Å²) in [5.41, 5.74) is 0. The minimum absolute atomic E-state index is 1.20. The van der Waals surface area contributed by atoms with Gasteiger partial charge in [-0.1, -0.05) is 0 Å². The molecule has 1 unspecified atom stereocenters. The third-order valence-corrected chi connectivity index (χ3v) is 21.9. The van der Waals surface area contributed by atoms with Crippen molar-refractivity contribution in [2.24, 2.45) is 0 Å². The van der Waals surface area contributed by atoms with Crippen molar-refractivity contribution in [2.45, 2.75) is 83.0 Å². The van der Waals surface area contributed by atoms with E-state index < -0.39 is 21.3 Å². The van der Waals surface area contributed by atoms with E-state index in [1.807, 2.05) is 8.79 Å². The SMILES string of the molecule is CCCCCCC[CH2][Ge]1([CH3])[c]2cc(C)sc2-c2sc([Si](C)(C)C)c[c]21. The number of hydrogen-bond donors (Lipinski definition) is 0. The molecule has 0 N–H and O–H groups in total. The Morgan fingerprint density at radius 3 is 2.16 bits per heavy atom. The Morgan fingerprint density at radius 1 is 0.880 bits per heavy atom. The van der Waals surface area contributed by atoms with E-state index in [9.17, 15) is 0 Å². The fourth-order valence-corrected chi connectivity index (χ4v) is 20.7. The molecule has 4 heteroatoms. The van der Waals surface area contributed by atoms with Crippen molar-refractivity contribution in [2.75, 3.05) is 0 Å². The van der Waals surface area contributed by atoms with Gasteiger partial charge in [-0.15, -0.1) is 0 Å². The van der Waals surface area contributed by atoms with Crippen molar-refractivity contribution in [3.8, 4) is 9.75 Å². The molecule has 0 fully saturated rings. The summed E-state index contributed by atoms with van der Waals surface area (Å²) in [7, 11) is -1.20. The Kier molecular flexibility index (Phi) is 6.09. The first-order valence-electron chi connectivity index (χ1n) is 10.0. The molecule has 0 nitrogen and oxygen atoms in total. The summed E-state index contributed by atoms with van der Waals surface area (Å²) < 4.78 is 5.39. The topological polar surface area (TPSA) is 0 Å². The summed E-state index contributed by atoms with van der Waals surface area (Å²) >= 11 is 2.12. The first-order chi connectivity index (χ1) is 11.8. The van der Waals surface area contributed by atoms with E-state index in [4.69, 9.17) is 0 Å². The standard InChI is InChI=1S/C21H34GeS2Si/c1-7-8-9-10-11-12-13-22(3)17-14-16(2)23-20(17)21-18(22)15-19(24-21)25(4,5)6/h14-15H,7-13H2,1-6H3. The zero-order valence-electron chi connectivity index (χ0n) is 16.9. The van der Waals surface area contributed by atoms with Gasteiger partial charge in [0.05, 0.1) is 0 Å². The summed E-state index contributed by atoms with van der Waals surface area (Å²) in [6.45, 7) is 12.1. The second kappa shape index (κ2) is 7.65. The molecule has 1 aliphatic heterocycles. The second-order valence-corrected chi connectivity index (χ2v) is 25.7. The van der Waals surface area contributed by atoms with E-state index in [0.717, 1.165) is 0 Å². The Hall–Kier alpha value is 0.160. The van der Waals surface area contributed by atoms with Crippen LogP contribution in [0.3, 0.4) is 0 Å². The average molecular weight is 451 g/mol. The average Bonchev–Trinajstić information content (AvgIpc) is 3.17. The van der Waals surface area contributed by atoms with Gasteiger partial charge in [0.15, 0.2) is 0 Å². The molecular weight excluding hydrogens is 417 g/mol. The fourth-order valence-electron chi connectivity index (χ4n) is 4.11. The molecule has 0 saturated heterocycles. The summed E-state index contributed by atoms with van der Waals surface area (Å²) in [6, 6.07) is 5.25. The van der Waals surface area contributed by atoms with Gasteiger partial charge in [0.2, 0.25) is 0 Å². The molecule has 2 aromatic rings. The van der Waals surface area contributed by atoms with Gasteiger partial charge in [0.25, 0.3) is 0 Å². The summed E-state index contributed by atoms with van der Waals surface area (Å²) in [5.74, 6) is 2.71. The molecule has 0 aromatic carbocycles. The zero-order chi connectivity index (χ0) is 18.2. The Bertz CT molecular complexity index is 738. The molecule has 0 radical (unpaired) electrons. The first-order valence-corrected chi connectivity index (χ1v) is 20.8. The molecule has 3 rings (SSSR count). The summed E-state index contributed by atoms with van der Waals surface area (Å²) in [6.07, 6.45) is 8.54. The van der Waals surface area contributed by atoms with E-state index in [0.29, 0.717) is 0 Å². The van der Waals surface area contributed by atoms with Gasteiger partial charge >= 0.3 is 167 Å². The molecule has 3 heterocycles. The Balaban J connectivity index is 1.85. The predicted molar refractivity (Wildman–Crippen MR) is 124 cm³/mol. The van der Waals surface area contributed by atoms with Crippen LogP contribution in [0.25, 0.3) is 9.75 Å². The monoisotopic (exact) mass is 452 g/mol. The molecule has 0 amide bonds. The van der Waals surface area contributed by atoms with Crippen molar-refractivity contribution in [1.82, 2.24) is 0 Å². The van der Waals surface area contributed by atoms with Gasteiger partial charge in [0.1, 0.15) is 0 Å². The van der Waals surface area contributed by atoms with Crippen LogP contribution in [0, 0.1) is 6.92 Å². The minimum atomic E-state index is -2.10. The number of hydrogen-bond acceptors (Lipinski definition) is 2. The van der Waals surface area contributed by atoms with Crippen LogP contribution < -0.4 is 13.3 Å². The molecule has 2 aromatic heterocycles. The number of thiophene rings is 2. The molecule has 1 aliphatic rings. The molecule has 138 valence electrons. The molecular formula is C21H34GeS2Si. The maximum absolute atomic E-state index is 2.71. The van der Waals surface area contributed by atoms with Gasteiger partial charge in [-0.2, -0.15) is 0 Å². The van der Waals surface area contributed by atoms with Crippen molar-refractivity contribution in [1.29, 1.82) is 0 Å². The molecule has 0 aliphatic carbocycles. The normalized spacial score (nSPS) is 19.3. The van der Waals surface area contributed by atoms with Crippen LogP contribution in [0.4, 0.5) is 0 Å². The van der Waals surface area contributed by atoms with Gasteiger partial charge in [-0.3, -0.25) is 0 Å². The number of aryl methyl sites for hydroxylation is 1. The molecule has 0 spiro atoms. The van der Waals surface area contributed by atoms with E-state index in [-0.39, 0.29) is 0 Å². The van der Waals surface area contributed by atoms with E-state index >= 15 is 0 Å². The zero-order valence-corrected chi connectivity index (χ0v) is 21.7. The van der Waals surface area contributed by atoms with Crippen molar-refractivity contribution in [3.05, 3.63) is 17.0 Å².